The van der Waals surface area contributed by atoms with Crippen LogP contribution in [0.5, 0.6) is 0 Å². The van der Waals surface area contributed by atoms with E-state index in [2.05, 4.69) is 5.32 Å². The summed E-state index contributed by atoms with van der Waals surface area (Å²) in [5, 5.41) is 12.2. The van der Waals surface area contributed by atoms with Crippen LogP contribution in [0.4, 0.5) is 4.39 Å². The first-order chi connectivity index (χ1) is 10.6. The summed E-state index contributed by atoms with van der Waals surface area (Å²) in [6.07, 6.45) is 3.38. The number of carbonyl (C=O) groups is 2. The van der Waals surface area contributed by atoms with Gasteiger partial charge in [-0.2, -0.15) is 0 Å². The zero-order valence-electron chi connectivity index (χ0n) is 12.3. The van der Waals surface area contributed by atoms with Gasteiger partial charge in [0.25, 0.3) is 0 Å². The van der Waals surface area contributed by atoms with E-state index in [9.17, 15) is 19.1 Å². The normalized spacial score (nSPS) is 29.5. The molecule has 2 aliphatic carbocycles. The molecule has 0 spiro atoms. The van der Waals surface area contributed by atoms with Gasteiger partial charge in [0, 0.05) is 6.54 Å². The summed E-state index contributed by atoms with van der Waals surface area (Å²) in [5.74, 6) is -1.78. The molecule has 5 heteroatoms. The van der Waals surface area contributed by atoms with E-state index in [0.29, 0.717) is 13.0 Å². The molecule has 4 atom stereocenters. The Labute approximate surface area is 128 Å². The van der Waals surface area contributed by atoms with Crippen molar-refractivity contribution in [1.82, 2.24) is 5.32 Å². The van der Waals surface area contributed by atoms with Gasteiger partial charge >= 0.3 is 5.97 Å². The van der Waals surface area contributed by atoms with E-state index in [-0.39, 0.29) is 29.5 Å². The Bertz CT molecular complexity index is 572. The lowest BCUT2D eigenvalue weighted by Crippen LogP contribution is -2.41. The van der Waals surface area contributed by atoms with Crippen LogP contribution in [0, 0.1) is 29.5 Å². The van der Waals surface area contributed by atoms with Crippen LogP contribution in [0.1, 0.15) is 24.8 Å². The van der Waals surface area contributed by atoms with Crippen LogP contribution in [0.3, 0.4) is 0 Å². The second kappa shape index (κ2) is 6.07. The second-order valence-corrected chi connectivity index (χ2v) is 6.39. The minimum atomic E-state index is -0.842. The lowest BCUT2D eigenvalue weighted by molar-refractivity contribution is -0.149. The van der Waals surface area contributed by atoms with Gasteiger partial charge in [-0.05, 0) is 55.2 Å². The number of hydrogen-bond acceptors (Lipinski definition) is 2. The van der Waals surface area contributed by atoms with E-state index in [1.54, 1.807) is 12.1 Å². The Morgan fingerprint density at radius 1 is 1.14 bits per heavy atom. The van der Waals surface area contributed by atoms with Crippen molar-refractivity contribution in [2.24, 2.45) is 23.7 Å². The second-order valence-electron chi connectivity index (χ2n) is 6.39. The monoisotopic (exact) mass is 305 g/mol. The number of amides is 1. The minimum Gasteiger partial charge on any atom is -0.481 e. The fraction of sp³-hybridized carbons (Fsp3) is 0.529. The van der Waals surface area contributed by atoms with Gasteiger partial charge in [0.05, 0.1) is 11.8 Å². The third-order valence-corrected chi connectivity index (χ3v) is 5.13. The molecule has 2 N–H and O–H groups in total. The van der Waals surface area contributed by atoms with Crippen molar-refractivity contribution in [3.63, 3.8) is 0 Å². The maximum atomic E-state index is 12.8. The van der Waals surface area contributed by atoms with Gasteiger partial charge < -0.3 is 10.4 Å². The Hall–Kier alpha value is -1.91. The van der Waals surface area contributed by atoms with Gasteiger partial charge in [-0.1, -0.05) is 12.1 Å². The topological polar surface area (TPSA) is 66.4 Å². The molecule has 0 saturated heterocycles. The third-order valence-electron chi connectivity index (χ3n) is 5.13. The molecule has 1 aromatic carbocycles. The third kappa shape index (κ3) is 2.85. The summed E-state index contributed by atoms with van der Waals surface area (Å²) >= 11 is 0. The Morgan fingerprint density at radius 3 is 2.41 bits per heavy atom. The van der Waals surface area contributed by atoms with Crippen LogP contribution >= 0.6 is 0 Å². The van der Waals surface area contributed by atoms with Gasteiger partial charge in [-0.15, -0.1) is 0 Å². The standard InChI is InChI=1S/C17H20FNO3/c18-13-5-1-10(2-6-13)7-8-19-16(20)14-11-3-4-12(9-11)15(14)17(21)22/h1-2,5-6,11-12,14-15H,3-4,7-9H2,(H,19,20)(H,21,22)/t11-,12-,14+,15-/m0/s1. The summed E-state index contributed by atoms with van der Waals surface area (Å²) in [6.45, 7) is 0.449. The molecule has 0 aromatic heterocycles. The quantitative estimate of drug-likeness (QED) is 0.876. The first-order valence-electron chi connectivity index (χ1n) is 7.81. The zero-order valence-corrected chi connectivity index (χ0v) is 12.3. The first kappa shape index (κ1) is 15.0. The Morgan fingerprint density at radius 2 is 1.77 bits per heavy atom. The van der Waals surface area contributed by atoms with E-state index in [1.807, 2.05) is 0 Å². The van der Waals surface area contributed by atoms with E-state index in [0.717, 1.165) is 24.8 Å². The number of hydrogen-bond donors (Lipinski definition) is 2. The molecule has 22 heavy (non-hydrogen) atoms. The van der Waals surface area contributed by atoms with E-state index in [1.165, 1.54) is 12.1 Å². The summed E-state index contributed by atoms with van der Waals surface area (Å²) in [4.78, 5) is 23.8. The number of aliphatic carboxylic acids is 1. The number of rotatable bonds is 5. The molecule has 3 rings (SSSR count). The van der Waals surface area contributed by atoms with Crippen molar-refractivity contribution in [2.75, 3.05) is 6.54 Å². The fourth-order valence-corrected chi connectivity index (χ4v) is 4.12. The van der Waals surface area contributed by atoms with Gasteiger partial charge in [-0.3, -0.25) is 9.59 Å². The number of nitrogens with one attached hydrogen (secondary N) is 1. The van der Waals surface area contributed by atoms with Crippen molar-refractivity contribution in [3.8, 4) is 0 Å². The number of carbonyl (C=O) groups excluding carboxylic acids is 1. The van der Waals surface area contributed by atoms with Crippen LogP contribution < -0.4 is 5.32 Å². The summed E-state index contributed by atoms with van der Waals surface area (Å²) in [7, 11) is 0. The van der Waals surface area contributed by atoms with Crippen LogP contribution in [0.15, 0.2) is 24.3 Å². The molecule has 2 saturated carbocycles. The summed E-state index contributed by atoms with van der Waals surface area (Å²) in [6, 6.07) is 6.18. The van der Waals surface area contributed by atoms with Crippen LogP contribution in [-0.4, -0.2) is 23.5 Å². The highest BCUT2D eigenvalue weighted by atomic mass is 19.1. The number of fused-ring (bicyclic) bond motifs is 2. The highest BCUT2D eigenvalue weighted by Gasteiger charge is 2.53. The van der Waals surface area contributed by atoms with E-state index in [4.69, 9.17) is 0 Å². The molecule has 0 aliphatic heterocycles. The van der Waals surface area contributed by atoms with Crippen LogP contribution in [0.2, 0.25) is 0 Å². The number of halogens is 1. The molecule has 0 radical (unpaired) electrons. The molecular weight excluding hydrogens is 285 g/mol. The maximum absolute atomic E-state index is 12.8. The minimum absolute atomic E-state index is 0.137. The average Bonchev–Trinajstić information content (AvgIpc) is 3.09. The molecular formula is C17H20FNO3. The smallest absolute Gasteiger partial charge is 0.307 e. The lowest BCUT2D eigenvalue weighted by atomic mass is 9.78. The number of benzene rings is 1. The number of carboxylic acids is 1. The lowest BCUT2D eigenvalue weighted by Gasteiger charge is -2.27. The van der Waals surface area contributed by atoms with E-state index < -0.39 is 11.9 Å². The van der Waals surface area contributed by atoms with E-state index >= 15 is 0 Å². The highest BCUT2D eigenvalue weighted by molar-refractivity contribution is 5.86. The van der Waals surface area contributed by atoms with Gasteiger partial charge in [0.15, 0.2) is 0 Å². The van der Waals surface area contributed by atoms with Crippen molar-refractivity contribution in [1.29, 1.82) is 0 Å². The SMILES string of the molecule is O=C(NCCc1ccc(F)cc1)[C@@H]1[C@H]2CC[C@@H](C2)[C@@H]1C(=O)O. The summed E-state index contributed by atoms with van der Waals surface area (Å²) in [5.41, 5.74) is 0.949. The average molecular weight is 305 g/mol. The molecule has 0 heterocycles. The van der Waals surface area contributed by atoms with Crippen LogP contribution in [-0.2, 0) is 16.0 Å². The Kier molecular flexibility index (Phi) is 4.14. The molecule has 2 aliphatic rings. The molecule has 0 unspecified atom stereocenters. The zero-order chi connectivity index (χ0) is 15.7. The molecule has 2 fully saturated rings. The van der Waals surface area contributed by atoms with Crippen LogP contribution in [0.25, 0.3) is 0 Å². The molecule has 2 bridgehead atoms. The predicted molar refractivity (Wildman–Crippen MR) is 78.6 cm³/mol. The predicted octanol–water partition coefficient (Wildman–Crippen LogP) is 2.23. The fourth-order valence-electron chi connectivity index (χ4n) is 4.12. The van der Waals surface area contributed by atoms with Crippen molar-refractivity contribution in [2.45, 2.75) is 25.7 Å². The number of carboxylic acid groups (broad SMARTS) is 1. The maximum Gasteiger partial charge on any atom is 0.307 e. The largest absolute Gasteiger partial charge is 0.481 e. The van der Waals surface area contributed by atoms with Crippen molar-refractivity contribution < 1.29 is 19.1 Å². The van der Waals surface area contributed by atoms with Gasteiger partial charge in [0.2, 0.25) is 5.91 Å². The van der Waals surface area contributed by atoms with Gasteiger partial charge in [-0.25, -0.2) is 4.39 Å². The molecule has 1 amide bonds. The Balaban J connectivity index is 1.55. The van der Waals surface area contributed by atoms with Gasteiger partial charge in [0.1, 0.15) is 5.82 Å². The molecule has 118 valence electrons. The van der Waals surface area contributed by atoms with Crippen molar-refractivity contribution in [3.05, 3.63) is 35.6 Å². The summed E-state index contributed by atoms with van der Waals surface area (Å²) < 4.78 is 12.8. The van der Waals surface area contributed by atoms with Crippen molar-refractivity contribution >= 4 is 11.9 Å². The highest BCUT2D eigenvalue weighted by Crippen LogP contribution is 2.52. The first-order valence-corrected chi connectivity index (χ1v) is 7.81. The molecule has 1 aromatic rings. The molecule has 4 nitrogen and oxygen atoms in total.